The Kier molecular flexibility index (Phi) is 8.39. The summed E-state index contributed by atoms with van der Waals surface area (Å²) < 4.78 is 39.6. The summed E-state index contributed by atoms with van der Waals surface area (Å²) in [5.41, 5.74) is 1.97. The van der Waals surface area contributed by atoms with Gasteiger partial charge in [-0.1, -0.05) is 24.3 Å². The van der Waals surface area contributed by atoms with Gasteiger partial charge in [0.15, 0.2) is 0 Å². The van der Waals surface area contributed by atoms with E-state index in [1.807, 2.05) is 0 Å². The van der Waals surface area contributed by atoms with Gasteiger partial charge in [0.1, 0.15) is 24.0 Å². The molecule has 1 aliphatic heterocycles. The smallest absolute Gasteiger partial charge is 0.226 e. The van der Waals surface area contributed by atoms with Gasteiger partial charge in [0.25, 0.3) is 0 Å². The number of aromatic nitrogens is 1. The fraction of sp³-hybridized carbons (Fsp3) is 0.333. The van der Waals surface area contributed by atoms with Crippen molar-refractivity contribution in [3.8, 4) is 16.9 Å². The van der Waals surface area contributed by atoms with Crippen LogP contribution in [0.4, 0.5) is 8.78 Å². The minimum atomic E-state index is -0.403. The third kappa shape index (κ3) is 6.83. The zero-order valence-corrected chi connectivity index (χ0v) is 19.7. The standard InChI is InChI=1S/C27H29F2N3O3/c1-19-18-34-12-10-32(19)11-13-35-23-8-9-24(26(29)15-23)20-6-7-22(30-16-20)14-27(33)31-17-21-4-2-3-5-25(21)28/h2-9,15-16,19H,10-14,17-18H2,1H3,(H,31,33). The lowest BCUT2D eigenvalue weighted by Gasteiger charge is -2.32. The summed E-state index contributed by atoms with van der Waals surface area (Å²) in [6.07, 6.45) is 1.59. The van der Waals surface area contributed by atoms with Crippen LogP contribution in [-0.2, 0) is 22.5 Å². The first-order chi connectivity index (χ1) is 17.0. The van der Waals surface area contributed by atoms with Crippen molar-refractivity contribution in [2.24, 2.45) is 0 Å². The van der Waals surface area contributed by atoms with Gasteiger partial charge < -0.3 is 14.8 Å². The number of morpholine rings is 1. The van der Waals surface area contributed by atoms with E-state index in [0.717, 1.165) is 19.7 Å². The molecule has 184 valence electrons. The first-order valence-electron chi connectivity index (χ1n) is 11.7. The Morgan fingerprint density at radius 3 is 2.77 bits per heavy atom. The van der Waals surface area contributed by atoms with Crippen LogP contribution < -0.4 is 10.1 Å². The van der Waals surface area contributed by atoms with Crippen molar-refractivity contribution in [2.75, 3.05) is 32.9 Å². The first kappa shape index (κ1) is 24.8. The molecule has 1 amide bonds. The molecule has 0 spiro atoms. The van der Waals surface area contributed by atoms with Crippen LogP contribution >= 0.6 is 0 Å². The van der Waals surface area contributed by atoms with Crippen LogP contribution in [0.25, 0.3) is 11.1 Å². The number of rotatable bonds is 9. The number of hydrogen-bond acceptors (Lipinski definition) is 5. The second-order valence-corrected chi connectivity index (χ2v) is 8.53. The summed E-state index contributed by atoms with van der Waals surface area (Å²) in [6, 6.07) is 14.8. The maximum absolute atomic E-state index is 14.8. The van der Waals surface area contributed by atoms with E-state index in [4.69, 9.17) is 9.47 Å². The van der Waals surface area contributed by atoms with Crippen LogP contribution in [-0.4, -0.2) is 54.7 Å². The van der Waals surface area contributed by atoms with Crippen molar-refractivity contribution in [3.05, 3.63) is 83.7 Å². The highest BCUT2D eigenvalue weighted by molar-refractivity contribution is 5.78. The molecule has 1 fully saturated rings. The monoisotopic (exact) mass is 481 g/mol. The van der Waals surface area contributed by atoms with E-state index in [-0.39, 0.29) is 24.7 Å². The molecule has 0 saturated carbocycles. The molecule has 1 atom stereocenters. The Morgan fingerprint density at radius 1 is 1.17 bits per heavy atom. The summed E-state index contributed by atoms with van der Waals surface area (Å²) in [6.45, 7) is 5.76. The summed E-state index contributed by atoms with van der Waals surface area (Å²) in [4.78, 5) is 18.8. The topological polar surface area (TPSA) is 63.7 Å². The molecule has 1 N–H and O–H groups in total. The Bertz CT molecular complexity index is 1140. The van der Waals surface area contributed by atoms with Gasteiger partial charge in [-0.05, 0) is 31.2 Å². The van der Waals surface area contributed by atoms with Crippen molar-refractivity contribution < 1.29 is 23.0 Å². The molecule has 0 radical (unpaired) electrons. The van der Waals surface area contributed by atoms with Crippen LogP contribution in [0.3, 0.4) is 0 Å². The maximum Gasteiger partial charge on any atom is 0.226 e. The van der Waals surface area contributed by atoms with Crippen LogP contribution in [0, 0.1) is 11.6 Å². The first-order valence-corrected chi connectivity index (χ1v) is 11.7. The molecule has 1 saturated heterocycles. The molecule has 8 heteroatoms. The van der Waals surface area contributed by atoms with Crippen molar-refractivity contribution in [1.82, 2.24) is 15.2 Å². The Labute approximate surface area is 203 Å². The van der Waals surface area contributed by atoms with Crippen LogP contribution in [0.5, 0.6) is 5.75 Å². The molecular weight excluding hydrogens is 452 g/mol. The fourth-order valence-corrected chi connectivity index (χ4v) is 3.95. The number of benzene rings is 2. The second kappa shape index (κ2) is 11.9. The van der Waals surface area contributed by atoms with Crippen molar-refractivity contribution in [1.29, 1.82) is 0 Å². The molecule has 35 heavy (non-hydrogen) atoms. The lowest BCUT2D eigenvalue weighted by atomic mass is 10.1. The van der Waals surface area contributed by atoms with Gasteiger partial charge in [-0.3, -0.25) is 14.7 Å². The predicted octanol–water partition coefficient (Wildman–Crippen LogP) is 3.99. The molecule has 4 rings (SSSR count). The van der Waals surface area contributed by atoms with Crippen LogP contribution in [0.2, 0.25) is 0 Å². The number of pyridine rings is 1. The summed E-state index contributed by atoms with van der Waals surface area (Å²) in [5, 5.41) is 2.69. The Morgan fingerprint density at radius 2 is 2.03 bits per heavy atom. The van der Waals surface area contributed by atoms with Crippen molar-refractivity contribution in [3.63, 3.8) is 0 Å². The van der Waals surface area contributed by atoms with Crippen LogP contribution in [0.1, 0.15) is 18.2 Å². The molecule has 3 aromatic rings. The number of carbonyl (C=O) groups excluding carboxylic acids is 1. The average Bonchev–Trinajstić information content (AvgIpc) is 2.85. The zero-order valence-electron chi connectivity index (χ0n) is 19.7. The number of carbonyl (C=O) groups is 1. The van der Waals surface area contributed by atoms with E-state index in [2.05, 4.69) is 22.1 Å². The fourth-order valence-electron chi connectivity index (χ4n) is 3.95. The molecular formula is C27H29F2N3O3. The molecule has 1 aliphatic rings. The normalized spacial score (nSPS) is 16.1. The minimum absolute atomic E-state index is 0.0474. The van der Waals surface area contributed by atoms with Gasteiger partial charge in [-0.2, -0.15) is 0 Å². The van der Waals surface area contributed by atoms with Crippen molar-refractivity contribution >= 4 is 5.91 Å². The second-order valence-electron chi connectivity index (χ2n) is 8.53. The Balaban J connectivity index is 1.28. The van der Waals surface area contributed by atoms with E-state index in [0.29, 0.717) is 47.4 Å². The van der Waals surface area contributed by atoms with Gasteiger partial charge in [-0.25, -0.2) is 8.78 Å². The highest BCUT2D eigenvalue weighted by atomic mass is 19.1. The third-order valence-corrected chi connectivity index (χ3v) is 6.00. The van der Waals surface area contributed by atoms with Gasteiger partial charge in [0, 0.05) is 60.3 Å². The number of halogens is 2. The molecule has 0 bridgehead atoms. The lowest BCUT2D eigenvalue weighted by Crippen LogP contribution is -2.45. The van der Waals surface area contributed by atoms with Gasteiger partial charge in [0.05, 0.1) is 19.6 Å². The molecule has 6 nitrogen and oxygen atoms in total. The highest BCUT2D eigenvalue weighted by Crippen LogP contribution is 2.26. The number of nitrogens with one attached hydrogen (secondary N) is 1. The predicted molar refractivity (Wildman–Crippen MR) is 129 cm³/mol. The highest BCUT2D eigenvalue weighted by Gasteiger charge is 2.18. The largest absolute Gasteiger partial charge is 0.492 e. The molecule has 2 aromatic carbocycles. The zero-order chi connectivity index (χ0) is 24.6. The maximum atomic E-state index is 14.8. The average molecular weight is 482 g/mol. The van der Waals surface area contributed by atoms with E-state index in [1.165, 1.54) is 18.3 Å². The van der Waals surface area contributed by atoms with E-state index in [9.17, 15) is 13.6 Å². The van der Waals surface area contributed by atoms with Gasteiger partial charge >= 0.3 is 0 Å². The van der Waals surface area contributed by atoms with E-state index < -0.39 is 5.82 Å². The van der Waals surface area contributed by atoms with Gasteiger partial charge in [0.2, 0.25) is 5.91 Å². The summed E-state index contributed by atoms with van der Waals surface area (Å²) >= 11 is 0. The number of ether oxygens (including phenoxy) is 2. The molecule has 0 aliphatic carbocycles. The summed E-state index contributed by atoms with van der Waals surface area (Å²) in [5.74, 6) is -0.559. The number of nitrogens with zero attached hydrogens (tertiary/aromatic N) is 2. The van der Waals surface area contributed by atoms with E-state index >= 15 is 0 Å². The van der Waals surface area contributed by atoms with Crippen LogP contribution in [0.15, 0.2) is 60.8 Å². The van der Waals surface area contributed by atoms with Gasteiger partial charge in [-0.15, -0.1) is 0 Å². The Hall–Kier alpha value is -3.36. The molecule has 2 heterocycles. The quantitative estimate of drug-likeness (QED) is 0.501. The minimum Gasteiger partial charge on any atom is -0.492 e. The van der Waals surface area contributed by atoms with Crippen molar-refractivity contribution in [2.45, 2.75) is 25.9 Å². The lowest BCUT2D eigenvalue weighted by molar-refractivity contribution is -0.120. The molecule has 1 aromatic heterocycles. The molecule has 1 unspecified atom stereocenters. The third-order valence-electron chi connectivity index (χ3n) is 6.00. The summed E-state index contributed by atoms with van der Waals surface area (Å²) in [7, 11) is 0. The SMILES string of the molecule is CC1COCCN1CCOc1ccc(-c2ccc(CC(=O)NCc3ccccc3F)nc2)c(F)c1. The van der Waals surface area contributed by atoms with E-state index in [1.54, 1.807) is 42.5 Å². The number of amides is 1. The number of hydrogen-bond donors (Lipinski definition) is 1.